The molecule has 2 atom stereocenters. The Morgan fingerprint density at radius 1 is 1.50 bits per heavy atom. The molecule has 0 aliphatic carbocycles. The third-order valence-electron chi connectivity index (χ3n) is 3.43. The maximum atomic E-state index is 13.4. The molecule has 2 N–H and O–H groups in total. The lowest BCUT2D eigenvalue weighted by Gasteiger charge is -2.50. The van der Waals surface area contributed by atoms with Gasteiger partial charge in [-0.05, 0) is 31.8 Å². The van der Waals surface area contributed by atoms with Gasteiger partial charge in [-0.3, -0.25) is 0 Å². The van der Waals surface area contributed by atoms with Gasteiger partial charge in [0, 0.05) is 6.54 Å². The fourth-order valence-corrected chi connectivity index (χ4v) is 2.58. The second-order valence-corrected chi connectivity index (χ2v) is 4.24. The molecule has 80 valence electrons. The van der Waals surface area contributed by atoms with E-state index >= 15 is 0 Å². The SMILES string of the molecule is O=C(O)C(F)C1(O)CN2CCC1CC2. The molecule has 4 nitrogen and oxygen atoms in total. The van der Waals surface area contributed by atoms with E-state index in [1.54, 1.807) is 0 Å². The molecule has 3 aliphatic rings. The summed E-state index contributed by atoms with van der Waals surface area (Å²) in [7, 11) is 0. The number of aliphatic carboxylic acids is 1. The lowest BCUT2D eigenvalue weighted by molar-refractivity contribution is -0.178. The van der Waals surface area contributed by atoms with Crippen molar-refractivity contribution in [1.82, 2.24) is 4.90 Å². The van der Waals surface area contributed by atoms with Crippen molar-refractivity contribution < 1.29 is 19.4 Å². The number of carboxylic acids is 1. The molecule has 0 radical (unpaired) electrons. The van der Waals surface area contributed by atoms with Gasteiger partial charge in [0.2, 0.25) is 6.17 Å². The van der Waals surface area contributed by atoms with Gasteiger partial charge in [-0.15, -0.1) is 0 Å². The first-order valence-corrected chi connectivity index (χ1v) is 4.85. The zero-order chi connectivity index (χ0) is 10.3. The average Bonchev–Trinajstić information content (AvgIpc) is 2.18. The number of hydrogen-bond acceptors (Lipinski definition) is 3. The summed E-state index contributed by atoms with van der Waals surface area (Å²) >= 11 is 0. The Hall–Kier alpha value is -0.680. The van der Waals surface area contributed by atoms with Gasteiger partial charge in [0.15, 0.2) is 0 Å². The maximum absolute atomic E-state index is 13.4. The molecule has 3 heterocycles. The van der Waals surface area contributed by atoms with E-state index in [9.17, 15) is 14.3 Å². The first-order chi connectivity index (χ1) is 6.54. The molecule has 2 unspecified atom stereocenters. The van der Waals surface area contributed by atoms with Crippen LogP contribution in [0.1, 0.15) is 12.8 Å². The molecule has 14 heavy (non-hydrogen) atoms. The van der Waals surface area contributed by atoms with Crippen molar-refractivity contribution in [2.45, 2.75) is 24.6 Å². The van der Waals surface area contributed by atoms with Crippen molar-refractivity contribution in [3.8, 4) is 0 Å². The predicted octanol–water partition coefficient (Wildman–Crippen LogP) is -0.134. The first-order valence-electron chi connectivity index (χ1n) is 4.85. The van der Waals surface area contributed by atoms with Crippen LogP contribution < -0.4 is 0 Å². The molecule has 0 aromatic carbocycles. The molecule has 3 fully saturated rings. The van der Waals surface area contributed by atoms with Crippen molar-refractivity contribution in [2.75, 3.05) is 19.6 Å². The quantitative estimate of drug-likeness (QED) is 0.656. The van der Waals surface area contributed by atoms with Crippen molar-refractivity contribution in [3.05, 3.63) is 0 Å². The van der Waals surface area contributed by atoms with Gasteiger partial charge in [-0.25, -0.2) is 9.18 Å². The number of alkyl halides is 1. The van der Waals surface area contributed by atoms with Gasteiger partial charge in [-0.1, -0.05) is 0 Å². The van der Waals surface area contributed by atoms with E-state index in [-0.39, 0.29) is 12.5 Å². The Morgan fingerprint density at radius 3 is 2.43 bits per heavy atom. The largest absolute Gasteiger partial charge is 0.479 e. The van der Waals surface area contributed by atoms with E-state index in [1.165, 1.54) is 0 Å². The van der Waals surface area contributed by atoms with Crippen molar-refractivity contribution >= 4 is 5.97 Å². The van der Waals surface area contributed by atoms with Crippen molar-refractivity contribution in [3.63, 3.8) is 0 Å². The molecule has 0 aromatic heterocycles. The number of fused-ring (bicyclic) bond motifs is 3. The van der Waals surface area contributed by atoms with Gasteiger partial charge >= 0.3 is 5.97 Å². The van der Waals surface area contributed by atoms with Gasteiger partial charge in [0.05, 0.1) is 0 Å². The number of carbonyl (C=O) groups is 1. The summed E-state index contributed by atoms with van der Waals surface area (Å²) < 4.78 is 13.4. The number of carboxylic acid groups (broad SMARTS) is 1. The molecule has 0 spiro atoms. The van der Waals surface area contributed by atoms with E-state index in [4.69, 9.17) is 5.11 Å². The van der Waals surface area contributed by atoms with Gasteiger partial charge < -0.3 is 15.1 Å². The minimum atomic E-state index is -2.16. The predicted molar refractivity (Wildman–Crippen MR) is 46.6 cm³/mol. The average molecular weight is 203 g/mol. The monoisotopic (exact) mass is 203 g/mol. The van der Waals surface area contributed by atoms with Crippen LogP contribution >= 0.6 is 0 Å². The van der Waals surface area contributed by atoms with Crippen LogP contribution in [-0.2, 0) is 4.79 Å². The van der Waals surface area contributed by atoms with Crippen LogP contribution in [0.4, 0.5) is 4.39 Å². The van der Waals surface area contributed by atoms with E-state index in [0.29, 0.717) is 12.8 Å². The number of halogens is 1. The number of rotatable bonds is 2. The smallest absolute Gasteiger partial charge is 0.341 e. The molecule has 2 bridgehead atoms. The minimum Gasteiger partial charge on any atom is -0.479 e. The molecule has 0 saturated carbocycles. The molecule has 3 rings (SSSR count). The fraction of sp³-hybridized carbons (Fsp3) is 0.889. The zero-order valence-corrected chi connectivity index (χ0v) is 7.82. The molecule has 3 aliphatic heterocycles. The van der Waals surface area contributed by atoms with Crippen LogP contribution in [0.2, 0.25) is 0 Å². The van der Waals surface area contributed by atoms with Crippen LogP contribution in [0, 0.1) is 5.92 Å². The van der Waals surface area contributed by atoms with Gasteiger partial charge in [0.1, 0.15) is 5.60 Å². The number of nitrogens with zero attached hydrogens (tertiary/aromatic N) is 1. The Bertz CT molecular complexity index is 252. The van der Waals surface area contributed by atoms with Crippen LogP contribution in [-0.4, -0.2) is 52.5 Å². The third kappa shape index (κ3) is 1.31. The maximum Gasteiger partial charge on any atom is 0.341 e. The molecule has 0 amide bonds. The second kappa shape index (κ2) is 3.17. The van der Waals surface area contributed by atoms with E-state index in [2.05, 4.69) is 0 Å². The zero-order valence-electron chi connectivity index (χ0n) is 7.82. The van der Waals surface area contributed by atoms with Crippen LogP contribution in [0.5, 0.6) is 0 Å². The highest BCUT2D eigenvalue weighted by Gasteiger charge is 2.53. The number of hydrogen-bond donors (Lipinski definition) is 2. The Morgan fingerprint density at radius 2 is 2.07 bits per heavy atom. The van der Waals surface area contributed by atoms with Crippen LogP contribution in [0.3, 0.4) is 0 Å². The Balaban J connectivity index is 2.19. The molecular weight excluding hydrogens is 189 g/mol. The number of aliphatic hydroxyl groups is 1. The lowest BCUT2D eigenvalue weighted by Crippen LogP contribution is -2.64. The van der Waals surface area contributed by atoms with Crippen molar-refractivity contribution in [1.29, 1.82) is 0 Å². The van der Waals surface area contributed by atoms with E-state index in [1.807, 2.05) is 4.90 Å². The Kier molecular flexibility index (Phi) is 2.23. The highest BCUT2D eigenvalue weighted by molar-refractivity contribution is 5.74. The molecule has 3 saturated heterocycles. The summed E-state index contributed by atoms with van der Waals surface area (Å²) in [5.41, 5.74) is -1.66. The summed E-state index contributed by atoms with van der Waals surface area (Å²) in [5.74, 6) is -1.75. The molecule has 0 aromatic rings. The minimum absolute atomic E-state index is 0.158. The Labute approximate surface area is 81.3 Å². The van der Waals surface area contributed by atoms with Crippen LogP contribution in [0.25, 0.3) is 0 Å². The van der Waals surface area contributed by atoms with Crippen LogP contribution in [0.15, 0.2) is 0 Å². The summed E-state index contributed by atoms with van der Waals surface area (Å²) in [6.07, 6.45) is -0.760. The topological polar surface area (TPSA) is 60.8 Å². The summed E-state index contributed by atoms with van der Waals surface area (Å²) in [6, 6.07) is 0. The summed E-state index contributed by atoms with van der Waals surface area (Å²) in [6.45, 7) is 1.85. The normalized spacial score (nSPS) is 43.6. The highest BCUT2D eigenvalue weighted by Crippen LogP contribution is 2.38. The lowest BCUT2D eigenvalue weighted by atomic mass is 9.73. The van der Waals surface area contributed by atoms with Gasteiger partial charge in [-0.2, -0.15) is 0 Å². The summed E-state index contributed by atoms with van der Waals surface area (Å²) in [4.78, 5) is 12.5. The molecule has 5 heteroatoms. The standard InChI is InChI=1S/C9H14FNO3/c10-7(8(12)13)9(14)5-11-3-1-6(9)2-4-11/h6-7,14H,1-5H2,(H,12,13). The fourth-order valence-electron chi connectivity index (χ4n) is 2.58. The first kappa shape index (κ1) is 9.86. The van der Waals surface area contributed by atoms with Gasteiger partial charge in [0.25, 0.3) is 0 Å². The number of piperidine rings is 3. The highest BCUT2D eigenvalue weighted by atomic mass is 19.1. The van der Waals surface area contributed by atoms with E-state index < -0.39 is 17.7 Å². The van der Waals surface area contributed by atoms with Crippen molar-refractivity contribution in [2.24, 2.45) is 5.92 Å². The molecular formula is C9H14FNO3. The third-order valence-corrected chi connectivity index (χ3v) is 3.43. The second-order valence-electron chi connectivity index (χ2n) is 4.24. The van der Waals surface area contributed by atoms with E-state index in [0.717, 1.165) is 13.1 Å². The summed E-state index contributed by atoms with van der Waals surface area (Å²) in [5, 5.41) is 18.6.